The van der Waals surface area contributed by atoms with Gasteiger partial charge in [0.05, 0.1) is 11.1 Å². The van der Waals surface area contributed by atoms with Crippen molar-refractivity contribution >= 4 is 41.3 Å². The molecule has 0 aliphatic rings. The summed E-state index contributed by atoms with van der Waals surface area (Å²) >= 11 is 0. The van der Waals surface area contributed by atoms with Crippen molar-refractivity contribution in [2.45, 2.75) is 0 Å². The molecule has 0 saturated carbocycles. The molecule has 0 radical (unpaired) electrons. The minimum Gasteiger partial charge on any atom is -0.357 e. The molecule has 1 N–H and O–H groups in total. The lowest BCUT2D eigenvalue weighted by Crippen LogP contribution is -2.09. The molecular weight excluding hydrogens is 391 g/mol. The van der Waals surface area contributed by atoms with Crippen LogP contribution in [0, 0.1) is 0 Å². The van der Waals surface area contributed by atoms with Crippen LogP contribution >= 0.6 is 7.82 Å². The van der Waals surface area contributed by atoms with Crippen molar-refractivity contribution in [2.24, 2.45) is 0 Å². The quantitative estimate of drug-likeness (QED) is 0.474. The van der Waals surface area contributed by atoms with Gasteiger partial charge in [0.1, 0.15) is 0 Å². The number of carbonyl (C=O) groups is 2. The van der Waals surface area contributed by atoms with Crippen molar-refractivity contribution in [3.05, 3.63) is 96.1 Å². The Morgan fingerprint density at radius 3 is 1.41 bits per heavy atom. The zero-order valence-electron chi connectivity index (χ0n) is 15.0. The van der Waals surface area contributed by atoms with Gasteiger partial charge >= 0.3 is 19.8 Å². The summed E-state index contributed by atoms with van der Waals surface area (Å²) in [4.78, 5) is 34.4. The highest BCUT2D eigenvalue weighted by Crippen LogP contribution is 2.45. The summed E-state index contributed by atoms with van der Waals surface area (Å²) in [6, 6.07) is 24.0. The van der Waals surface area contributed by atoms with Gasteiger partial charge in [0.25, 0.3) is 0 Å². The third kappa shape index (κ3) is 4.19. The molecule has 4 aromatic carbocycles. The number of hydrogen-bond donors (Lipinski definition) is 1. The lowest BCUT2D eigenvalue weighted by molar-refractivity contribution is 0.0566. The first-order valence-electron chi connectivity index (χ1n) is 8.69. The summed E-state index contributed by atoms with van der Waals surface area (Å²) in [5, 5.41) is 3.34. The van der Waals surface area contributed by atoms with E-state index in [4.69, 9.17) is 0 Å². The predicted molar refractivity (Wildman–Crippen MR) is 109 cm³/mol. The van der Waals surface area contributed by atoms with E-state index in [0.717, 1.165) is 21.5 Å². The highest BCUT2D eigenvalue weighted by Gasteiger charge is 2.32. The molecule has 0 bridgehead atoms. The zero-order chi connectivity index (χ0) is 20.4. The number of phosphoric acid groups is 1. The number of fused-ring (bicyclic) bond motifs is 2. The van der Waals surface area contributed by atoms with Crippen LogP contribution in [0.2, 0.25) is 0 Å². The van der Waals surface area contributed by atoms with Crippen LogP contribution in [0.1, 0.15) is 20.7 Å². The summed E-state index contributed by atoms with van der Waals surface area (Å²) in [7, 11) is -4.96. The monoisotopic (exact) mass is 406 g/mol. The van der Waals surface area contributed by atoms with E-state index >= 15 is 0 Å². The van der Waals surface area contributed by atoms with E-state index in [0.29, 0.717) is 0 Å². The van der Waals surface area contributed by atoms with Crippen LogP contribution in [0.4, 0.5) is 0 Å². The van der Waals surface area contributed by atoms with Crippen molar-refractivity contribution in [2.75, 3.05) is 0 Å². The molecule has 7 heteroatoms. The largest absolute Gasteiger partial charge is 0.589 e. The summed E-state index contributed by atoms with van der Waals surface area (Å²) in [5.74, 6) is -2.12. The third-order valence-corrected chi connectivity index (χ3v) is 5.16. The summed E-state index contributed by atoms with van der Waals surface area (Å²) in [5.41, 5.74) is 0.138. The predicted octanol–water partition coefficient (Wildman–Crippen LogP) is 5.11. The van der Waals surface area contributed by atoms with Gasteiger partial charge in [-0.05, 0) is 45.8 Å². The summed E-state index contributed by atoms with van der Waals surface area (Å²) in [6.07, 6.45) is 0. The van der Waals surface area contributed by atoms with Gasteiger partial charge in [-0.3, -0.25) is 4.89 Å². The van der Waals surface area contributed by atoms with Gasteiger partial charge in [0.2, 0.25) is 0 Å². The smallest absolute Gasteiger partial charge is 0.357 e. The van der Waals surface area contributed by atoms with Crippen LogP contribution in [-0.2, 0) is 13.6 Å². The molecule has 0 atom stereocenters. The first-order chi connectivity index (χ1) is 13.9. The maximum absolute atomic E-state index is 12.3. The number of rotatable bonds is 4. The van der Waals surface area contributed by atoms with Gasteiger partial charge in [0, 0.05) is 0 Å². The molecule has 0 fully saturated rings. The van der Waals surface area contributed by atoms with Gasteiger partial charge in [-0.2, -0.15) is 0 Å². The first-order valence-corrected chi connectivity index (χ1v) is 10.2. The molecule has 6 nitrogen and oxygen atoms in total. The fourth-order valence-electron chi connectivity index (χ4n) is 2.97. The second kappa shape index (κ2) is 7.51. The standard InChI is InChI=1S/C22H15O6P/c23-21(19-11-9-15-5-1-3-7-17(15)13-19)27-29(25,26)28-22(24)20-12-10-16-6-2-4-8-18(16)14-20/h1-14H,(H,25,26). The number of phosphoric ester groups is 1. The van der Waals surface area contributed by atoms with E-state index in [1.807, 2.05) is 24.3 Å². The molecule has 0 saturated heterocycles. The Morgan fingerprint density at radius 2 is 1.00 bits per heavy atom. The topological polar surface area (TPSA) is 89.9 Å². The number of carbonyl (C=O) groups excluding carboxylic acids is 2. The highest BCUT2D eigenvalue weighted by atomic mass is 31.2. The number of hydrogen-bond acceptors (Lipinski definition) is 5. The molecule has 0 amide bonds. The molecular formula is C22H15O6P. The van der Waals surface area contributed by atoms with Crippen LogP contribution < -0.4 is 0 Å². The first kappa shape index (κ1) is 18.9. The van der Waals surface area contributed by atoms with Gasteiger partial charge in [-0.15, -0.1) is 0 Å². The average Bonchev–Trinajstić information content (AvgIpc) is 2.72. The van der Waals surface area contributed by atoms with Crippen LogP contribution in [-0.4, -0.2) is 16.8 Å². The minimum absolute atomic E-state index is 0.0692. The molecule has 29 heavy (non-hydrogen) atoms. The van der Waals surface area contributed by atoms with Gasteiger partial charge in [-0.25, -0.2) is 14.2 Å². The van der Waals surface area contributed by atoms with Gasteiger partial charge in [-0.1, -0.05) is 60.7 Å². The minimum atomic E-state index is -4.96. The van der Waals surface area contributed by atoms with E-state index in [9.17, 15) is 19.0 Å². The Bertz CT molecular complexity index is 1200. The Labute approximate surface area is 165 Å². The average molecular weight is 406 g/mol. The fraction of sp³-hybridized carbons (Fsp3) is 0. The summed E-state index contributed by atoms with van der Waals surface area (Å²) in [6.45, 7) is 0. The molecule has 0 heterocycles. The third-order valence-electron chi connectivity index (χ3n) is 4.37. The second-order valence-corrected chi connectivity index (χ2v) is 7.65. The molecule has 4 rings (SSSR count). The molecule has 0 unspecified atom stereocenters. The van der Waals surface area contributed by atoms with Crippen LogP contribution in [0.15, 0.2) is 84.9 Å². The fourth-order valence-corrected chi connectivity index (χ4v) is 3.63. The molecule has 144 valence electrons. The van der Waals surface area contributed by atoms with Crippen LogP contribution in [0.3, 0.4) is 0 Å². The Balaban J connectivity index is 1.50. The van der Waals surface area contributed by atoms with Crippen molar-refractivity contribution in [1.82, 2.24) is 0 Å². The molecule has 0 spiro atoms. The maximum atomic E-state index is 12.3. The van der Waals surface area contributed by atoms with Crippen LogP contribution in [0.25, 0.3) is 21.5 Å². The van der Waals surface area contributed by atoms with E-state index in [2.05, 4.69) is 9.05 Å². The van der Waals surface area contributed by atoms with Crippen molar-refractivity contribution in [3.8, 4) is 0 Å². The Hall–Kier alpha value is -3.47. The van der Waals surface area contributed by atoms with Crippen molar-refractivity contribution in [3.63, 3.8) is 0 Å². The molecule has 4 aromatic rings. The SMILES string of the molecule is O=C(OP(=O)(O)OC(=O)c1ccc2ccccc2c1)c1ccc2ccccc2c1. The van der Waals surface area contributed by atoms with Crippen LogP contribution in [0.5, 0.6) is 0 Å². The van der Waals surface area contributed by atoms with E-state index in [1.54, 1.807) is 36.4 Å². The van der Waals surface area contributed by atoms with Gasteiger partial charge < -0.3 is 9.05 Å². The zero-order valence-corrected chi connectivity index (χ0v) is 15.9. The Kier molecular flexibility index (Phi) is 4.89. The normalized spacial score (nSPS) is 11.3. The van der Waals surface area contributed by atoms with E-state index in [-0.39, 0.29) is 11.1 Å². The molecule has 0 aliphatic carbocycles. The second-order valence-electron chi connectivity index (χ2n) is 6.35. The molecule has 0 aliphatic heterocycles. The van der Waals surface area contributed by atoms with Gasteiger partial charge in [0.15, 0.2) is 0 Å². The highest BCUT2D eigenvalue weighted by molar-refractivity contribution is 7.48. The van der Waals surface area contributed by atoms with Crippen molar-refractivity contribution in [1.29, 1.82) is 0 Å². The molecule has 0 aromatic heterocycles. The Morgan fingerprint density at radius 1 is 0.621 bits per heavy atom. The lowest BCUT2D eigenvalue weighted by atomic mass is 10.1. The van der Waals surface area contributed by atoms with E-state index in [1.165, 1.54) is 24.3 Å². The number of benzene rings is 4. The summed E-state index contributed by atoms with van der Waals surface area (Å²) < 4.78 is 21.3. The van der Waals surface area contributed by atoms with E-state index < -0.39 is 19.8 Å². The lowest BCUT2D eigenvalue weighted by Gasteiger charge is -2.12. The maximum Gasteiger partial charge on any atom is 0.589 e. The van der Waals surface area contributed by atoms with Crippen molar-refractivity contribution < 1.29 is 28.1 Å².